The van der Waals surface area contributed by atoms with Gasteiger partial charge >= 0.3 is 6.03 Å². The number of fused-ring (bicyclic) bond motifs is 1. The van der Waals surface area contributed by atoms with Crippen molar-refractivity contribution in [2.24, 2.45) is 0 Å². The van der Waals surface area contributed by atoms with E-state index in [1.807, 2.05) is 35.2 Å². The first-order valence-corrected chi connectivity index (χ1v) is 8.87. The predicted octanol–water partition coefficient (Wildman–Crippen LogP) is 3.37. The van der Waals surface area contributed by atoms with Crippen LogP contribution >= 0.6 is 0 Å². The number of benzene rings is 1. The van der Waals surface area contributed by atoms with Gasteiger partial charge in [0.15, 0.2) is 5.82 Å². The normalized spacial score (nSPS) is 20.5. The number of carbonyl (C=O) groups is 1. The number of nitrogens with one attached hydrogen (secondary N) is 1. The SMILES string of the molecule is O=C(Nc1ccccc1)N1CCCCC1c1nnc2n1CCCC2. The number of nitrogens with zero attached hydrogens (tertiary/aromatic N) is 4. The van der Waals surface area contributed by atoms with Gasteiger partial charge < -0.3 is 14.8 Å². The molecular formula is C18H23N5O. The zero-order valence-electron chi connectivity index (χ0n) is 13.8. The third-order valence-electron chi connectivity index (χ3n) is 4.97. The number of likely N-dealkylation sites (tertiary alicyclic amines) is 1. The van der Waals surface area contributed by atoms with Gasteiger partial charge in [-0.2, -0.15) is 0 Å². The summed E-state index contributed by atoms with van der Waals surface area (Å²) in [5.74, 6) is 2.04. The Hall–Kier alpha value is -2.37. The Morgan fingerprint density at radius 3 is 2.75 bits per heavy atom. The Labute approximate surface area is 141 Å². The molecule has 0 bridgehead atoms. The smallest absolute Gasteiger partial charge is 0.314 e. The minimum Gasteiger partial charge on any atom is -0.314 e. The largest absolute Gasteiger partial charge is 0.322 e. The number of piperidine rings is 1. The van der Waals surface area contributed by atoms with Crippen LogP contribution in [0.1, 0.15) is 49.8 Å². The predicted molar refractivity (Wildman–Crippen MR) is 91.7 cm³/mol. The second-order valence-electron chi connectivity index (χ2n) is 6.58. The molecule has 1 fully saturated rings. The Bertz CT molecular complexity index is 711. The number of carbonyl (C=O) groups excluding carboxylic acids is 1. The van der Waals surface area contributed by atoms with E-state index in [1.54, 1.807) is 0 Å². The molecule has 2 amide bonds. The van der Waals surface area contributed by atoms with E-state index in [-0.39, 0.29) is 12.1 Å². The molecule has 126 valence electrons. The van der Waals surface area contributed by atoms with Crippen molar-refractivity contribution in [1.29, 1.82) is 0 Å². The van der Waals surface area contributed by atoms with Crippen LogP contribution in [0, 0.1) is 0 Å². The quantitative estimate of drug-likeness (QED) is 0.921. The van der Waals surface area contributed by atoms with E-state index in [0.29, 0.717) is 0 Å². The van der Waals surface area contributed by atoms with Crippen LogP contribution in [-0.2, 0) is 13.0 Å². The highest BCUT2D eigenvalue weighted by molar-refractivity contribution is 5.89. The molecule has 1 atom stereocenters. The number of hydrogen-bond acceptors (Lipinski definition) is 3. The number of amides is 2. The van der Waals surface area contributed by atoms with Gasteiger partial charge in [0.05, 0.1) is 6.04 Å². The zero-order valence-corrected chi connectivity index (χ0v) is 13.8. The third-order valence-corrected chi connectivity index (χ3v) is 4.97. The minimum atomic E-state index is -0.0425. The van der Waals surface area contributed by atoms with Gasteiger partial charge in [-0.25, -0.2) is 4.79 Å². The molecule has 6 heteroatoms. The van der Waals surface area contributed by atoms with Crippen LogP contribution in [-0.4, -0.2) is 32.2 Å². The highest BCUT2D eigenvalue weighted by Crippen LogP contribution is 2.32. The lowest BCUT2D eigenvalue weighted by atomic mass is 10.0. The van der Waals surface area contributed by atoms with E-state index in [2.05, 4.69) is 20.1 Å². The van der Waals surface area contributed by atoms with Crippen LogP contribution < -0.4 is 5.32 Å². The summed E-state index contributed by atoms with van der Waals surface area (Å²) < 4.78 is 2.24. The molecule has 4 rings (SSSR count). The lowest BCUT2D eigenvalue weighted by Gasteiger charge is -2.35. The number of rotatable bonds is 2. The number of hydrogen-bond donors (Lipinski definition) is 1. The monoisotopic (exact) mass is 325 g/mol. The van der Waals surface area contributed by atoms with Crippen molar-refractivity contribution in [1.82, 2.24) is 19.7 Å². The summed E-state index contributed by atoms with van der Waals surface area (Å²) >= 11 is 0. The van der Waals surface area contributed by atoms with Gasteiger partial charge in [-0.1, -0.05) is 18.2 Å². The number of para-hydroxylation sites is 1. The summed E-state index contributed by atoms with van der Waals surface area (Å²) in [6.07, 6.45) is 6.47. The second kappa shape index (κ2) is 6.63. The molecule has 2 aliphatic heterocycles. The fourth-order valence-corrected chi connectivity index (χ4v) is 3.74. The van der Waals surface area contributed by atoms with Crippen molar-refractivity contribution in [3.63, 3.8) is 0 Å². The lowest BCUT2D eigenvalue weighted by Crippen LogP contribution is -2.42. The van der Waals surface area contributed by atoms with Crippen molar-refractivity contribution in [2.75, 3.05) is 11.9 Å². The average Bonchev–Trinajstić information content (AvgIpc) is 3.06. The summed E-state index contributed by atoms with van der Waals surface area (Å²) in [6.45, 7) is 1.74. The Balaban J connectivity index is 1.57. The molecule has 1 unspecified atom stereocenters. The van der Waals surface area contributed by atoms with Crippen LogP contribution in [0.25, 0.3) is 0 Å². The van der Waals surface area contributed by atoms with Crippen molar-refractivity contribution >= 4 is 11.7 Å². The lowest BCUT2D eigenvalue weighted by molar-refractivity contribution is 0.156. The van der Waals surface area contributed by atoms with E-state index >= 15 is 0 Å². The van der Waals surface area contributed by atoms with Gasteiger partial charge in [-0.05, 0) is 44.2 Å². The molecule has 6 nitrogen and oxygen atoms in total. The average molecular weight is 325 g/mol. The van der Waals surface area contributed by atoms with Crippen LogP contribution in [0.15, 0.2) is 30.3 Å². The Morgan fingerprint density at radius 1 is 1.04 bits per heavy atom. The summed E-state index contributed by atoms with van der Waals surface area (Å²) in [4.78, 5) is 14.7. The molecule has 1 saturated heterocycles. The van der Waals surface area contributed by atoms with Crippen LogP contribution in [0.4, 0.5) is 10.5 Å². The number of aromatic nitrogens is 3. The van der Waals surface area contributed by atoms with Gasteiger partial charge in [0.2, 0.25) is 0 Å². The standard InChI is InChI=1S/C18H23N5O/c24-18(19-14-8-2-1-3-9-14)22-12-6-4-10-15(22)17-21-20-16-11-5-7-13-23(16)17/h1-3,8-9,15H,4-7,10-13H2,(H,19,24). The molecule has 1 aromatic heterocycles. The molecule has 0 aliphatic carbocycles. The van der Waals surface area contributed by atoms with Gasteiger partial charge in [-0.3, -0.25) is 0 Å². The maximum Gasteiger partial charge on any atom is 0.322 e. The van der Waals surface area contributed by atoms with Gasteiger partial charge in [0.25, 0.3) is 0 Å². The number of anilines is 1. The highest BCUT2D eigenvalue weighted by Gasteiger charge is 2.33. The van der Waals surface area contributed by atoms with Crippen LogP contribution in [0.2, 0.25) is 0 Å². The summed E-state index contributed by atoms with van der Waals surface area (Å²) in [6, 6.07) is 9.62. The van der Waals surface area contributed by atoms with E-state index < -0.39 is 0 Å². The Morgan fingerprint density at radius 2 is 1.88 bits per heavy atom. The first kappa shape index (κ1) is 15.2. The van der Waals surface area contributed by atoms with E-state index in [4.69, 9.17) is 0 Å². The molecular weight excluding hydrogens is 302 g/mol. The first-order valence-electron chi connectivity index (χ1n) is 8.87. The molecule has 0 saturated carbocycles. The minimum absolute atomic E-state index is 0.0295. The molecule has 0 radical (unpaired) electrons. The van der Waals surface area contributed by atoms with E-state index in [9.17, 15) is 4.79 Å². The molecule has 2 aliphatic rings. The Kier molecular flexibility index (Phi) is 4.19. The van der Waals surface area contributed by atoms with E-state index in [1.165, 1.54) is 12.8 Å². The maximum atomic E-state index is 12.8. The molecule has 3 heterocycles. The molecule has 24 heavy (non-hydrogen) atoms. The third kappa shape index (κ3) is 2.88. The topological polar surface area (TPSA) is 63.1 Å². The van der Waals surface area contributed by atoms with Gasteiger partial charge in [-0.15, -0.1) is 10.2 Å². The zero-order chi connectivity index (χ0) is 16.4. The summed E-state index contributed by atoms with van der Waals surface area (Å²) in [5.41, 5.74) is 0.829. The van der Waals surface area contributed by atoms with Crippen LogP contribution in [0.3, 0.4) is 0 Å². The van der Waals surface area contributed by atoms with Crippen molar-refractivity contribution < 1.29 is 4.79 Å². The van der Waals surface area contributed by atoms with Crippen molar-refractivity contribution in [3.05, 3.63) is 42.0 Å². The summed E-state index contributed by atoms with van der Waals surface area (Å²) in [5, 5.41) is 11.8. The highest BCUT2D eigenvalue weighted by atomic mass is 16.2. The first-order chi connectivity index (χ1) is 11.8. The molecule has 1 N–H and O–H groups in total. The van der Waals surface area contributed by atoms with Crippen molar-refractivity contribution in [2.45, 2.75) is 51.1 Å². The number of aryl methyl sites for hydroxylation is 1. The fraction of sp³-hybridized carbons (Fsp3) is 0.500. The summed E-state index contributed by atoms with van der Waals surface area (Å²) in [7, 11) is 0. The molecule has 1 aromatic carbocycles. The second-order valence-corrected chi connectivity index (χ2v) is 6.58. The number of urea groups is 1. The van der Waals surface area contributed by atoms with Gasteiger partial charge in [0, 0.05) is 25.2 Å². The van der Waals surface area contributed by atoms with Crippen LogP contribution in [0.5, 0.6) is 0 Å². The molecule has 2 aromatic rings. The maximum absolute atomic E-state index is 12.8. The fourth-order valence-electron chi connectivity index (χ4n) is 3.74. The van der Waals surface area contributed by atoms with E-state index in [0.717, 1.165) is 56.1 Å². The van der Waals surface area contributed by atoms with Crippen molar-refractivity contribution in [3.8, 4) is 0 Å². The molecule has 0 spiro atoms. The van der Waals surface area contributed by atoms with Gasteiger partial charge in [0.1, 0.15) is 5.82 Å².